The number of aryl methyl sites for hydroxylation is 1. The Kier molecular flexibility index (Phi) is 3.66. The molecule has 0 saturated heterocycles. The second kappa shape index (κ2) is 5.69. The normalized spacial score (nSPS) is 22.0. The predicted octanol–water partition coefficient (Wildman–Crippen LogP) is 2.86. The molecule has 1 unspecified atom stereocenters. The number of anilines is 1. The van der Waals surface area contributed by atoms with Gasteiger partial charge in [-0.2, -0.15) is 0 Å². The number of hydrogen-bond donors (Lipinski definition) is 2. The summed E-state index contributed by atoms with van der Waals surface area (Å²) in [7, 11) is 0. The molecule has 2 N–H and O–H groups in total. The molecule has 1 fully saturated rings. The molecule has 1 amide bonds. The lowest BCUT2D eigenvalue weighted by Gasteiger charge is -2.34. The summed E-state index contributed by atoms with van der Waals surface area (Å²) in [6.45, 7) is 0. The van der Waals surface area contributed by atoms with Crippen molar-refractivity contribution in [3.05, 3.63) is 40.4 Å². The Hall–Kier alpha value is -1.79. The second-order valence-electron chi connectivity index (χ2n) is 6.43. The van der Waals surface area contributed by atoms with Crippen molar-refractivity contribution < 1.29 is 9.90 Å². The maximum atomic E-state index is 12.1. The van der Waals surface area contributed by atoms with E-state index in [1.165, 1.54) is 22.5 Å². The molecule has 5 nitrogen and oxygen atoms in total. The lowest BCUT2D eigenvalue weighted by atomic mass is 9.80. The topological polar surface area (TPSA) is 75.1 Å². The van der Waals surface area contributed by atoms with Gasteiger partial charge in [0.25, 0.3) is 5.91 Å². The summed E-state index contributed by atoms with van der Waals surface area (Å²) < 4.78 is 0. The highest BCUT2D eigenvalue weighted by Crippen LogP contribution is 2.39. The fraction of sp³-hybridized carbons (Fsp3) is 0.471. The number of hydrogen-bond acceptors (Lipinski definition) is 5. The molecule has 23 heavy (non-hydrogen) atoms. The van der Waals surface area contributed by atoms with Crippen molar-refractivity contribution in [3.8, 4) is 0 Å². The molecule has 0 aliphatic heterocycles. The largest absolute Gasteiger partial charge is 0.380 e. The number of aliphatic hydroxyl groups is 1. The highest BCUT2D eigenvalue weighted by atomic mass is 32.1. The van der Waals surface area contributed by atoms with Gasteiger partial charge in [0.05, 0.1) is 0 Å². The molecular formula is C17H19N3O2S. The lowest BCUT2D eigenvalue weighted by Crippen LogP contribution is -2.48. The van der Waals surface area contributed by atoms with Crippen LogP contribution >= 0.6 is 11.3 Å². The minimum Gasteiger partial charge on any atom is -0.380 e. The zero-order valence-corrected chi connectivity index (χ0v) is 13.6. The molecule has 120 valence electrons. The van der Waals surface area contributed by atoms with Gasteiger partial charge in [-0.05, 0) is 49.7 Å². The zero-order chi connectivity index (χ0) is 15.9. The van der Waals surface area contributed by atoms with Gasteiger partial charge in [0, 0.05) is 5.92 Å². The number of amides is 1. The average Bonchev–Trinajstić information content (AvgIpc) is 3.00. The molecule has 2 aliphatic carbocycles. The smallest absolute Gasteiger partial charge is 0.258 e. The maximum Gasteiger partial charge on any atom is 0.258 e. The number of carbonyl (C=O) groups is 1. The van der Waals surface area contributed by atoms with Gasteiger partial charge in [-0.1, -0.05) is 35.6 Å². The van der Waals surface area contributed by atoms with Gasteiger partial charge in [0.2, 0.25) is 5.13 Å². The van der Waals surface area contributed by atoms with Crippen LogP contribution in [0.5, 0.6) is 0 Å². The number of nitrogens with one attached hydrogen (secondary N) is 1. The molecule has 0 spiro atoms. The van der Waals surface area contributed by atoms with Crippen LogP contribution < -0.4 is 5.32 Å². The van der Waals surface area contributed by atoms with E-state index in [1.54, 1.807) is 0 Å². The van der Waals surface area contributed by atoms with E-state index in [1.807, 2.05) is 0 Å². The van der Waals surface area contributed by atoms with Crippen molar-refractivity contribution in [3.63, 3.8) is 0 Å². The molecule has 1 aromatic carbocycles. The van der Waals surface area contributed by atoms with Crippen LogP contribution in [0.15, 0.2) is 24.3 Å². The molecule has 0 bridgehead atoms. The molecule has 1 heterocycles. The monoisotopic (exact) mass is 329 g/mol. The van der Waals surface area contributed by atoms with Gasteiger partial charge in [0.1, 0.15) is 10.6 Å². The maximum absolute atomic E-state index is 12.1. The van der Waals surface area contributed by atoms with E-state index < -0.39 is 5.60 Å². The third-order valence-electron chi connectivity index (χ3n) is 4.93. The molecule has 1 saturated carbocycles. The molecule has 6 heteroatoms. The first-order valence-corrected chi connectivity index (χ1v) is 8.92. The third kappa shape index (κ3) is 2.66. The van der Waals surface area contributed by atoms with E-state index in [0.717, 1.165) is 30.7 Å². The fourth-order valence-corrected chi connectivity index (χ4v) is 4.28. The number of rotatable bonds is 3. The average molecular weight is 329 g/mol. The highest BCUT2D eigenvalue weighted by molar-refractivity contribution is 7.15. The van der Waals surface area contributed by atoms with E-state index in [2.05, 4.69) is 39.8 Å². The van der Waals surface area contributed by atoms with Crippen molar-refractivity contribution in [2.75, 3.05) is 5.32 Å². The Labute approximate surface area is 138 Å². The van der Waals surface area contributed by atoms with Crippen LogP contribution in [-0.2, 0) is 11.2 Å². The summed E-state index contributed by atoms with van der Waals surface area (Å²) in [4.78, 5) is 12.1. The Morgan fingerprint density at radius 1 is 1.26 bits per heavy atom. The SMILES string of the molecule is O=C(Nc1nnc(C2CCCc3ccccc32)s1)C1(O)CCC1. The molecule has 2 aliphatic rings. The summed E-state index contributed by atoms with van der Waals surface area (Å²) in [5, 5.41) is 22.6. The summed E-state index contributed by atoms with van der Waals surface area (Å²) >= 11 is 1.42. The van der Waals surface area contributed by atoms with Crippen LogP contribution in [0.3, 0.4) is 0 Å². The van der Waals surface area contributed by atoms with E-state index >= 15 is 0 Å². The number of nitrogens with zero attached hydrogens (tertiary/aromatic N) is 2. The van der Waals surface area contributed by atoms with Crippen molar-refractivity contribution in [2.45, 2.75) is 50.0 Å². The Balaban J connectivity index is 1.54. The molecule has 2 aromatic rings. The van der Waals surface area contributed by atoms with Crippen LogP contribution in [0.25, 0.3) is 0 Å². The van der Waals surface area contributed by atoms with Gasteiger partial charge in [-0.25, -0.2) is 0 Å². The summed E-state index contributed by atoms with van der Waals surface area (Å²) in [6.07, 6.45) is 5.26. The quantitative estimate of drug-likeness (QED) is 0.908. The van der Waals surface area contributed by atoms with Crippen molar-refractivity contribution in [1.29, 1.82) is 0 Å². The van der Waals surface area contributed by atoms with Crippen molar-refractivity contribution in [1.82, 2.24) is 10.2 Å². The first-order chi connectivity index (χ1) is 11.2. The first kappa shape index (κ1) is 14.8. The highest BCUT2D eigenvalue weighted by Gasteiger charge is 2.42. The zero-order valence-electron chi connectivity index (χ0n) is 12.8. The second-order valence-corrected chi connectivity index (χ2v) is 7.44. The van der Waals surface area contributed by atoms with Crippen molar-refractivity contribution >= 4 is 22.4 Å². The Bertz CT molecular complexity index is 739. The summed E-state index contributed by atoms with van der Waals surface area (Å²) in [5.41, 5.74) is 1.50. The molecule has 4 rings (SSSR count). The van der Waals surface area contributed by atoms with Crippen LogP contribution in [-0.4, -0.2) is 26.8 Å². The van der Waals surface area contributed by atoms with Gasteiger partial charge >= 0.3 is 0 Å². The fourth-order valence-electron chi connectivity index (χ4n) is 3.39. The van der Waals surface area contributed by atoms with Crippen LogP contribution in [0.2, 0.25) is 0 Å². The number of carbonyl (C=O) groups excluding carboxylic acids is 1. The summed E-state index contributed by atoms with van der Waals surface area (Å²) in [5.74, 6) is -0.0922. The molecule has 1 atom stereocenters. The molecular weight excluding hydrogens is 310 g/mol. The van der Waals surface area contributed by atoms with Gasteiger partial charge < -0.3 is 5.11 Å². The van der Waals surface area contributed by atoms with Crippen LogP contribution in [0, 0.1) is 0 Å². The lowest BCUT2D eigenvalue weighted by molar-refractivity contribution is -0.142. The first-order valence-electron chi connectivity index (χ1n) is 8.11. The Morgan fingerprint density at radius 2 is 2.09 bits per heavy atom. The number of benzene rings is 1. The molecule has 1 aromatic heterocycles. The van der Waals surface area contributed by atoms with Gasteiger partial charge in [-0.3, -0.25) is 10.1 Å². The van der Waals surface area contributed by atoms with Crippen LogP contribution in [0.4, 0.5) is 5.13 Å². The minimum absolute atomic E-state index is 0.259. The van der Waals surface area contributed by atoms with Crippen molar-refractivity contribution in [2.24, 2.45) is 0 Å². The summed E-state index contributed by atoms with van der Waals surface area (Å²) in [6, 6.07) is 8.48. The third-order valence-corrected chi connectivity index (χ3v) is 5.88. The van der Waals surface area contributed by atoms with E-state index in [0.29, 0.717) is 18.0 Å². The standard InChI is InChI=1S/C17H19N3O2S/c21-15(17(22)9-4-10-17)18-16-20-19-14(23-16)13-8-3-6-11-5-1-2-7-12(11)13/h1-2,5,7,13,22H,3-4,6,8-10H2,(H,18,20,21). The van der Waals surface area contributed by atoms with E-state index in [4.69, 9.17) is 0 Å². The Morgan fingerprint density at radius 3 is 2.87 bits per heavy atom. The minimum atomic E-state index is -1.21. The van der Waals surface area contributed by atoms with E-state index in [9.17, 15) is 9.90 Å². The van der Waals surface area contributed by atoms with Gasteiger partial charge in [-0.15, -0.1) is 10.2 Å². The number of fused-ring (bicyclic) bond motifs is 1. The van der Waals surface area contributed by atoms with Gasteiger partial charge in [0.15, 0.2) is 0 Å². The number of aromatic nitrogens is 2. The molecule has 0 radical (unpaired) electrons. The van der Waals surface area contributed by atoms with Crippen LogP contribution in [0.1, 0.15) is 54.2 Å². The van der Waals surface area contributed by atoms with E-state index in [-0.39, 0.29) is 11.8 Å². The predicted molar refractivity (Wildman–Crippen MR) is 88.6 cm³/mol.